The van der Waals surface area contributed by atoms with E-state index in [1.54, 1.807) is 6.20 Å². The lowest BCUT2D eigenvalue weighted by Gasteiger charge is -2.23. The molecule has 2 aromatic rings. The van der Waals surface area contributed by atoms with E-state index in [1.165, 1.54) is 11.5 Å². The Balaban J connectivity index is 1.90. The van der Waals surface area contributed by atoms with E-state index >= 15 is 0 Å². The van der Waals surface area contributed by atoms with Gasteiger partial charge in [0.15, 0.2) is 0 Å². The summed E-state index contributed by atoms with van der Waals surface area (Å²) in [6.45, 7) is 6.99. The molecule has 0 amide bonds. The maximum atomic E-state index is 9.90. The monoisotopic (exact) mass is 280 g/mol. The van der Waals surface area contributed by atoms with Crippen LogP contribution in [0.15, 0.2) is 24.4 Å². The molecule has 0 saturated heterocycles. The largest absolute Gasteiger partial charge is 0.490 e. The Morgan fingerprint density at radius 3 is 2.95 bits per heavy atom. The Bertz CT molecular complexity index is 533. The molecule has 1 atom stereocenters. The van der Waals surface area contributed by atoms with E-state index in [9.17, 15) is 5.11 Å². The lowest BCUT2D eigenvalue weighted by molar-refractivity contribution is 0.101. The molecule has 104 valence electrons. The second-order valence-corrected chi connectivity index (χ2v) is 6.42. The van der Waals surface area contributed by atoms with E-state index in [4.69, 9.17) is 4.74 Å². The van der Waals surface area contributed by atoms with Crippen molar-refractivity contribution in [2.45, 2.75) is 32.4 Å². The molecular formula is C14H20N2O2S. The predicted molar refractivity (Wildman–Crippen MR) is 78.9 cm³/mol. The Morgan fingerprint density at radius 2 is 2.21 bits per heavy atom. The van der Waals surface area contributed by atoms with E-state index in [1.807, 2.05) is 18.2 Å². The number of β-amino-alcohol motifs (C(OH)–C–C–N with tert-alkyl or cyclic N) is 1. The summed E-state index contributed by atoms with van der Waals surface area (Å²) in [4.78, 5) is 0. The van der Waals surface area contributed by atoms with Gasteiger partial charge in [-0.1, -0.05) is 6.07 Å². The Morgan fingerprint density at radius 1 is 1.42 bits per heavy atom. The third kappa shape index (κ3) is 4.16. The van der Waals surface area contributed by atoms with Crippen molar-refractivity contribution in [3.05, 3.63) is 24.4 Å². The van der Waals surface area contributed by atoms with Crippen molar-refractivity contribution in [2.24, 2.45) is 0 Å². The van der Waals surface area contributed by atoms with Crippen molar-refractivity contribution in [1.82, 2.24) is 9.69 Å². The van der Waals surface area contributed by atoms with Crippen molar-refractivity contribution in [3.63, 3.8) is 0 Å². The fraction of sp³-hybridized carbons (Fsp3) is 0.500. The summed E-state index contributed by atoms with van der Waals surface area (Å²) in [6, 6.07) is 5.85. The summed E-state index contributed by atoms with van der Waals surface area (Å²) >= 11 is 1.44. The van der Waals surface area contributed by atoms with E-state index in [-0.39, 0.29) is 12.1 Å². The zero-order valence-electron chi connectivity index (χ0n) is 11.5. The van der Waals surface area contributed by atoms with Crippen molar-refractivity contribution < 1.29 is 9.84 Å². The van der Waals surface area contributed by atoms with Gasteiger partial charge in [-0.3, -0.25) is 0 Å². The average molecular weight is 280 g/mol. The van der Waals surface area contributed by atoms with Crippen molar-refractivity contribution in [2.75, 3.05) is 13.2 Å². The fourth-order valence-corrected chi connectivity index (χ4v) is 2.32. The second kappa shape index (κ2) is 5.86. The van der Waals surface area contributed by atoms with Crippen molar-refractivity contribution >= 4 is 21.6 Å². The minimum atomic E-state index is -0.527. The first-order chi connectivity index (χ1) is 8.96. The van der Waals surface area contributed by atoms with Gasteiger partial charge in [0.05, 0.1) is 16.3 Å². The molecule has 19 heavy (non-hydrogen) atoms. The maximum absolute atomic E-state index is 9.90. The number of nitrogens with zero attached hydrogens (tertiary/aromatic N) is 1. The molecule has 0 aliphatic heterocycles. The van der Waals surface area contributed by atoms with Gasteiger partial charge in [-0.15, -0.1) is 0 Å². The number of hydrogen-bond donors (Lipinski definition) is 2. The molecule has 4 nitrogen and oxygen atoms in total. The third-order valence-corrected chi connectivity index (χ3v) is 3.42. The molecule has 0 aliphatic rings. The van der Waals surface area contributed by atoms with Crippen LogP contribution in [-0.4, -0.2) is 34.3 Å². The lowest BCUT2D eigenvalue weighted by Crippen LogP contribution is -2.42. The van der Waals surface area contributed by atoms with Gasteiger partial charge in [0.2, 0.25) is 0 Å². The van der Waals surface area contributed by atoms with E-state index in [0.29, 0.717) is 6.54 Å². The highest BCUT2D eigenvalue weighted by Gasteiger charge is 2.13. The zero-order valence-corrected chi connectivity index (χ0v) is 12.3. The first kappa shape index (κ1) is 14.2. The Hall–Kier alpha value is -1.17. The standard InChI is InChI=1S/C14H20N2O2S/c1-14(2,3)15-7-10(17)9-18-12-5-4-6-13-11(12)8-16-19-13/h4-6,8,10,15,17H,7,9H2,1-3H3. The van der Waals surface area contributed by atoms with Gasteiger partial charge < -0.3 is 15.2 Å². The van der Waals surface area contributed by atoms with Gasteiger partial charge in [-0.25, -0.2) is 0 Å². The minimum absolute atomic E-state index is 0.00171. The van der Waals surface area contributed by atoms with Crippen LogP contribution in [0, 0.1) is 0 Å². The van der Waals surface area contributed by atoms with Gasteiger partial charge in [0.1, 0.15) is 18.5 Å². The van der Waals surface area contributed by atoms with Gasteiger partial charge in [0.25, 0.3) is 0 Å². The number of aromatic nitrogens is 1. The molecule has 1 unspecified atom stereocenters. The normalized spacial score (nSPS) is 13.7. The van der Waals surface area contributed by atoms with Gasteiger partial charge in [-0.2, -0.15) is 4.37 Å². The molecule has 5 heteroatoms. The number of ether oxygens (including phenoxy) is 1. The molecule has 2 rings (SSSR count). The maximum Gasteiger partial charge on any atom is 0.129 e. The van der Waals surface area contributed by atoms with Crippen LogP contribution < -0.4 is 10.1 Å². The quantitative estimate of drug-likeness (QED) is 0.883. The number of benzene rings is 1. The van der Waals surface area contributed by atoms with Crippen LogP contribution >= 0.6 is 11.5 Å². The second-order valence-electron chi connectivity index (χ2n) is 5.59. The smallest absolute Gasteiger partial charge is 0.129 e. The number of hydrogen-bond acceptors (Lipinski definition) is 5. The molecule has 1 aromatic carbocycles. The average Bonchev–Trinajstić information content (AvgIpc) is 2.81. The molecule has 1 aromatic heterocycles. The Labute approximate surface area is 117 Å². The topological polar surface area (TPSA) is 54.4 Å². The van der Waals surface area contributed by atoms with Crippen LogP contribution in [0.3, 0.4) is 0 Å². The van der Waals surface area contributed by atoms with E-state index in [0.717, 1.165) is 15.8 Å². The van der Waals surface area contributed by atoms with Gasteiger partial charge in [-0.05, 0) is 44.4 Å². The molecular weight excluding hydrogens is 260 g/mol. The van der Waals surface area contributed by atoms with Crippen LogP contribution in [0.5, 0.6) is 5.75 Å². The highest BCUT2D eigenvalue weighted by Crippen LogP contribution is 2.27. The highest BCUT2D eigenvalue weighted by atomic mass is 32.1. The summed E-state index contributed by atoms with van der Waals surface area (Å²) < 4.78 is 10.9. The van der Waals surface area contributed by atoms with Crippen LogP contribution in [0.25, 0.3) is 10.1 Å². The summed E-state index contributed by atoms with van der Waals surface area (Å²) in [6.07, 6.45) is 1.27. The molecule has 0 bridgehead atoms. The zero-order chi connectivity index (χ0) is 13.9. The molecule has 0 fully saturated rings. The Kier molecular flexibility index (Phi) is 4.39. The number of rotatable bonds is 5. The molecule has 2 N–H and O–H groups in total. The summed E-state index contributed by atoms with van der Waals surface area (Å²) in [5, 5.41) is 14.1. The molecule has 0 spiro atoms. The first-order valence-electron chi connectivity index (χ1n) is 6.35. The molecule has 1 heterocycles. The van der Waals surface area contributed by atoms with Crippen molar-refractivity contribution in [3.8, 4) is 5.75 Å². The third-order valence-electron chi connectivity index (χ3n) is 2.66. The highest BCUT2D eigenvalue weighted by molar-refractivity contribution is 7.13. The van der Waals surface area contributed by atoms with Gasteiger partial charge >= 0.3 is 0 Å². The molecule has 0 radical (unpaired) electrons. The first-order valence-corrected chi connectivity index (χ1v) is 7.12. The summed E-state index contributed by atoms with van der Waals surface area (Å²) in [7, 11) is 0. The number of fused-ring (bicyclic) bond motifs is 1. The number of nitrogens with one attached hydrogen (secondary N) is 1. The molecule has 0 saturated carbocycles. The minimum Gasteiger partial charge on any atom is -0.490 e. The van der Waals surface area contributed by atoms with Crippen LogP contribution in [0.2, 0.25) is 0 Å². The SMILES string of the molecule is CC(C)(C)NCC(O)COc1cccc2sncc12. The number of aliphatic hydroxyl groups is 1. The lowest BCUT2D eigenvalue weighted by atomic mass is 10.1. The molecule has 0 aliphatic carbocycles. The summed E-state index contributed by atoms with van der Waals surface area (Å²) in [5.74, 6) is 0.779. The van der Waals surface area contributed by atoms with Gasteiger partial charge in [0, 0.05) is 12.1 Å². The fourth-order valence-electron chi connectivity index (χ4n) is 1.66. The van der Waals surface area contributed by atoms with E-state index < -0.39 is 6.10 Å². The van der Waals surface area contributed by atoms with Crippen LogP contribution in [-0.2, 0) is 0 Å². The van der Waals surface area contributed by atoms with Crippen molar-refractivity contribution in [1.29, 1.82) is 0 Å². The van der Waals surface area contributed by atoms with E-state index in [2.05, 4.69) is 30.5 Å². The number of aliphatic hydroxyl groups excluding tert-OH is 1. The van der Waals surface area contributed by atoms with Crippen LogP contribution in [0.1, 0.15) is 20.8 Å². The summed E-state index contributed by atoms with van der Waals surface area (Å²) in [5.41, 5.74) is -0.00171. The predicted octanol–water partition coefficient (Wildman–Crippen LogP) is 2.42. The van der Waals surface area contributed by atoms with Crippen LogP contribution in [0.4, 0.5) is 0 Å².